The van der Waals surface area contributed by atoms with Crippen molar-refractivity contribution in [2.45, 2.75) is 32.4 Å². The summed E-state index contributed by atoms with van der Waals surface area (Å²) in [5.74, 6) is 1.10. The maximum absolute atomic E-state index is 4.49. The highest BCUT2D eigenvalue weighted by Crippen LogP contribution is 2.21. The summed E-state index contributed by atoms with van der Waals surface area (Å²) in [5.41, 5.74) is 2.36. The molecular formula is C18H24N4. The first-order valence-corrected chi connectivity index (χ1v) is 8.00. The highest BCUT2D eigenvalue weighted by molar-refractivity contribution is 5.38. The van der Waals surface area contributed by atoms with Crippen molar-refractivity contribution in [3.05, 3.63) is 54.0 Å². The van der Waals surface area contributed by atoms with E-state index in [9.17, 15) is 0 Å². The van der Waals surface area contributed by atoms with E-state index in [0.29, 0.717) is 6.04 Å². The zero-order chi connectivity index (χ0) is 15.4. The molecule has 0 N–H and O–H groups in total. The number of hydrogen-bond acceptors (Lipinski definition) is 4. The lowest BCUT2D eigenvalue weighted by Gasteiger charge is -2.38. The van der Waals surface area contributed by atoms with Crippen LogP contribution in [-0.4, -0.2) is 41.0 Å². The average molecular weight is 296 g/mol. The van der Waals surface area contributed by atoms with E-state index >= 15 is 0 Å². The SMILES string of the molecule is Cc1ccc(CN(C)[C@@H]2CCCN(c3ccccn3)C2)cn1. The smallest absolute Gasteiger partial charge is 0.128 e. The molecule has 0 radical (unpaired) electrons. The Labute approximate surface area is 132 Å². The van der Waals surface area contributed by atoms with Crippen LogP contribution in [0.3, 0.4) is 0 Å². The van der Waals surface area contributed by atoms with Crippen LogP contribution >= 0.6 is 0 Å². The number of likely N-dealkylation sites (N-methyl/N-ethyl adjacent to an activating group) is 1. The first-order chi connectivity index (χ1) is 10.7. The number of anilines is 1. The van der Waals surface area contributed by atoms with Crippen molar-refractivity contribution in [2.75, 3.05) is 25.0 Å². The predicted molar refractivity (Wildman–Crippen MR) is 89.9 cm³/mol. The molecule has 4 heteroatoms. The Morgan fingerprint density at radius 1 is 1.23 bits per heavy atom. The maximum atomic E-state index is 4.49. The second-order valence-electron chi connectivity index (χ2n) is 6.15. The van der Waals surface area contributed by atoms with Crippen LogP contribution in [0.25, 0.3) is 0 Å². The number of nitrogens with zero attached hydrogens (tertiary/aromatic N) is 4. The van der Waals surface area contributed by atoms with E-state index in [0.717, 1.165) is 31.1 Å². The highest BCUT2D eigenvalue weighted by atomic mass is 15.2. The van der Waals surface area contributed by atoms with Crippen LogP contribution in [0.2, 0.25) is 0 Å². The Kier molecular flexibility index (Phi) is 4.68. The maximum Gasteiger partial charge on any atom is 0.128 e. The van der Waals surface area contributed by atoms with Gasteiger partial charge >= 0.3 is 0 Å². The lowest BCUT2D eigenvalue weighted by atomic mass is 10.0. The zero-order valence-corrected chi connectivity index (χ0v) is 13.4. The molecule has 0 amide bonds. The van der Waals surface area contributed by atoms with Gasteiger partial charge in [-0.25, -0.2) is 4.98 Å². The lowest BCUT2D eigenvalue weighted by Crippen LogP contribution is -2.46. The first kappa shape index (κ1) is 15.0. The molecule has 116 valence electrons. The van der Waals surface area contributed by atoms with Gasteiger partial charge in [0.2, 0.25) is 0 Å². The van der Waals surface area contributed by atoms with Crippen molar-refractivity contribution in [1.29, 1.82) is 0 Å². The van der Waals surface area contributed by atoms with E-state index in [1.807, 2.05) is 25.4 Å². The van der Waals surface area contributed by atoms with Crippen LogP contribution in [0.5, 0.6) is 0 Å². The molecule has 22 heavy (non-hydrogen) atoms. The summed E-state index contributed by atoms with van der Waals surface area (Å²) in [5, 5.41) is 0. The summed E-state index contributed by atoms with van der Waals surface area (Å²) >= 11 is 0. The molecule has 0 unspecified atom stereocenters. The molecule has 2 aromatic heterocycles. The number of aryl methyl sites for hydroxylation is 1. The summed E-state index contributed by atoms with van der Waals surface area (Å²) < 4.78 is 0. The Bertz CT molecular complexity index is 582. The van der Waals surface area contributed by atoms with Crippen LogP contribution in [0.4, 0.5) is 5.82 Å². The Hall–Kier alpha value is -1.94. The summed E-state index contributed by atoms with van der Waals surface area (Å²) in [6.45, 7) is 5.13. The third-order valence-electron chi connectivity index (χ3n) is 4.40. The molecule has 3 rings (SSSR count). The molecule has 0 bridgehead atoms. The number of aromatic nitrogens is 2. The average Bonchev–Trinajstić information content (AvgIpc) is 2.58. The predicted octanol–water partition coefficient (Wildman–Crippen LogP) is 2.89. The number of rotatable bonds is 4. The van der Waals surface area contributed by atoms with Gasteiger partial charge in [-0.3, -0.25) is 9.88 Å². The van der Waals surface area contributed by atoms with E-state index < -0.39 is 0 Å². The molecule has 1 saturated heterocycles. The summed E-state index contributed by atoms with van der Waals surface area (Å²) in [6.07, 6.45) is 6.34. The number of hydrogen-bond donors (Lipinski definition) is 0. The molecule has 0 aromatic carbocycles. The Morgan fingerprint density at radius 2 is 2.14 bits per heavy atom. The highest BCUT2D eigenvalue weighted by Gasteiger charge is 2.23. The van der Waals surface area contributed by atoms with Gasteiger partial charge in [-0.05, 0) is 50.6 Å². The van der Waals surface area contributed by atoms with Gasteiger partial charge < -0.3 is 4.90 Å². The molecule has 1 atom stereocenters. The summed E-state index contributed by atoms with van der Waals surface area (Å²) in [6, 6.07) is 11.0. The minimum atomic E-state index is 0.567. The van der Waals surface area contributed by atoms with Crippen molar-refractivity contribution in [1.82, 2.24) is 14.9 Å². The third-order valence-corrected chi connectivity index (χ3v) is 4.40. The van der Waals surface area contributed by atoms with E-state index in [-0.39, 0.29) is 0 Å². The van der Waals surface area contributed by atoms with Crippen LogP contribution < -0.4 is 4.90 Å². The van der Waals surface area contributed by atoms with Crippen LogP contribution in [0.15, 0.2) is 42.7 Å². The van der Waals surface area contributed by atoms with Gasteiger partial charge in [0.15, 0.2) is 0 Å². The van der Waals surface area contributed by atoms with E-state index in [1.54, 1.807) is 0 Å². The molecule has 0 saturated carbocycles. The fourth-order valence-electron chi connectivity index (χ4n) is 3.07. The molecule has 2 aromatic rings. The molecule has 1 aliphatic heterocycles. The topological polar surface area (TPSA) is 32.3 Å². The van der Waals surface area contributed by atoms with Crippen molar-refractivity contribution in [2.24, 2.45) is 0 Å². The molecule has 1 fully saturated rings. The van der Waals surface area contributed by atoms with Crippen LogP contribution in [0, 0.1) is 6.92 Å². The van der Waals surface area contributed by atoms with Crippen LogP contribution in [0.1, 0.15) is 24.1 Å². The van der Waals surface area contributed by atoms with E-state index in [2.05, 4.69) is 51.1 Å². The van der Waals surface area contributed by atoms with Crippen molar-refractivity contribution in [3.8, 4) is 0 Å². The largest absolute Gasteiger partial charge is 0.355 e. The second kappa shape index (κ2) is 6.88. The Morgan fingerprint density at radius 3 is 2.86 bits per heavy atom. The third kappa shape index (κ3) is 3.63. The lowest BCUT2D eigenvalue weighted by molar-refractivity contribution is 0.207. The summed E-state index contributed by atoms with van der Waals surface area (Å²) in [7, 11) is 2.21. The van der Waals surface area contributed by atoms with Gasteiger partial charge in [-0.1, -0.05) is 12.1 Å². The fraction of sp³-hybridized carbons (Fsp3) is 0.444. The zero-order valence-electron chi connectivity index (χ0n) is 13.4. The van der Waals surface area contributed by atoms with Gasteiger partial charge in [0.05, 0.1) is 0 Å². The first-order valence-electron chi connectivity index (χ1n) is 8.00. The van der Waals surface area contributed by atoms with Gasteiger partial charge in [0.1, 0.15) is 5.82 Å². The molecule has 1 aliphatic rings. The molecule has 3 heterocycles. The number of pyridine rings is 2. The normalized spacial score (nSPS) is 18.7. The van der Waals surface area contributed by atoms with Gasteiger partial charge in [-0.15, -0.1) is 0 Å². The van der Waals surface area contributed by atoms with Crippen molar-refractivity contribution >= 4 is 5.82 Å². The minimum Gasteiger partial charge on any atom is -0.355 e. The quantitative estimate of drug-likeness (QED) is 0.868. The Balaban J connectivity index is 1.62. The van der Waals surface area contributed by atoms with Gasteiger partial charge in [0, 0.05) is 43.8 Å². The molecule has 0 spiro atoms. The van der Waals surface area contributed by atoms with Crippen molar-refractivity contribution < 1.29 is 0 Å². The molecule has 0 aliphatic carbocycles. The van der Waals surface area contributed by atoms with Crippen LogP contribution in [-0.2, 0) is 6.54 Å². The summed E-state index contributed by atoms with van der Waals surface area (Å²) in [4.78, 5) is 13.7. The monoisotopic (exact) mass is 296 g/mol. The van der Waals surface area contributed by atoms with Gasteiger partial charge in [0.25, 0.3) is 0 Å². The van der Waals surface area contributed by atoms with Gasteiger partial charge in [-0.2, -0.15) is 0 Å². The van der Waals surface area contributed by atoms with E-state index in [1.165, 1.54) is 18.4 Å². The standard InChI is InChI=1S/C18H24N4/c1-15-8-9-16(12-20-15)13-21(2)17-6-5-11-22(14-17)18-7-3-4-10-19-18/h3-4,7-10,12,17H,5-6,11,13-14H2,1-2H3/t17-/m1/s1. The molecule has 4 nitrogen and oxygen atoms in total. The van der Waals surface area contributed by atoms with E-state index in [4.69, 9.17) is 0 Å². The molecular weight excluding hydrogens is 272 g/mol. The minimum absolute atomic E-state index is 0.567. The van der Waals surface area contributed by atoms with Crippen molar-refractivity contribution in [3.63, 3.8) is 0 Å². The fourth-order valence-corrected chi connectivity index (χ4v) is 3.07. The number of piperidine rings is 1. The second-order valence-corrected chi connectivity index (χ2v) is 6.15.